The Bertz CT molecular complexity index is 1210. The number of hydrogen-bond acceptors (Lipinski definition) is 7. The van der Waals surface area contributed by atoms with Crippen LogP contribution in [0.5, 0.6) is 28.7 Å². The monoisotopic (exact) mass is 477 g/mol. The zero-order valence-electron chi connectivity index (χ0n) is 19.2. The van der Waals surface area contributed by atoms with Crippen LogP contribution in [0.4, 0.5) is 0 Å². The van der Waals surface area contributed by atoms with Crippen LogP contribution < -0.4 is 19.5 Å². The molecule has 182 valence electrons. The van der Waals surface area contributed by atoms with E-state index >= 15 is 0 Å². The maximum Gasteiger partial charge on any atom is 0.244 e. The van der Waals surface area contributed by atoms with Crippen LogP contribution in [0.1, 0.15) is 22.8 Å². The van der Waals surface area contributed by atoms with Crippen LogP contribution in [0.25, 0.3) is 6.08 Å². The van der Waals surface area contributed by atoms with E-state index in [1.807, 2.05) is 12.1 Å². The predicted molar refractivity (Wildman–Crippen MR) is 130 cm³/mol. The highest BCUT2D eigenvalue weighted by molar-refractivity contribution is 5.91. The number of benzene rings is 3. The first-order valence-corrected chi connectivity index (χ1v) is 11.2. The third kappa shape index (κ3) is 5.85. The second-order valence-corrected chi connectivity index (χ2v) is 8.06. The van der Waals surface area contributed by atoms with Gasteiger partial charge in [0, 0.05) is 18.2 Å². The third-order valence-electron chi connectivity index (χ3n) is 5.63. The molecular weight excluding hydrogens is 450 g/mol. The molecule has 8 nitrogen and oxygen atoms in total. The van der Waals surface area contributed by atoms with Gasteiger partial charge >= 0.3 is 0 Å². The number of carbonyl (C=O) groups is 1. The fourth-order valence-electron chi connectivity index (χ4n) is 3.77. The zero-order valence-corrected chi connectivity index (χ0v) is 19.2. The average Bonchev–Trinajstić information content (AvgIpc) is 2.88. The number of nitrogens with one attached hydrogen (secondary N) is 1. The minimum absolute atomic E-state index is 0.00902. The third-order valence-corrected chi connectivity index (χ3v) is 5.63. The van der Waals surface area contributed by atoms with Gasteiger partial charge in [-0.2, -0.15) is 0 Å². The zero-order chi connectivity index (χ0) is 24.8. The highest BCUT2D eigenvalue weighted by atomic mass is 16.6. The number of rotatable bonds is 8. The Morgan fingerprint density at radius 2 is 1.83 bits per heavy atom. The van der Waals surface area contributed by atoms with Crippen LogP contribution in [-0.4, -0.2) is 47.6 Å². The SMILES string of the molecule is COc1cc([C@H]2Oc3ccc(/C=C/C(=O)NCCc4ccc(O)cc4)cc3O[C@@H]2CO)ccc1O. The summed E-state index contributed by atoms with van der Waals surface area (Å²) in [6.45, 7) is 0.188. The molecule has 35 heavy (non-hydrogen) atoms. The van der Waals surface area contributed by atoms with Gasteiger partial charge in [-0.15, -0.1) is 0 Å². The van der Waals surface area contributed by atoms with Crippen LogP contribution in [0.2, 0.25) is 0 Å². The second-order valence-electron chi connectivity index (χ2n) is 8.06. The van der Waals surface area contributed by atoms with Gasteiger partial charge in [-0.3, -0.25) is 4.79 Å². The van der Waals surface area contributed by atoms with Crippen molar-refractivity contribution in [1.29, 1.82) is 0 Å². The summed E-state index contributed by atoms with van der Waals surface area (Å²) in [6, 6.07) is 17.0. The molecule has 3 aromatic rings. The maximum absolute atomic E-state index is 12.2. The van der Waals surface area contributed by atoms with Gasteiger partial charge in [-0.1, -0.05) is 24.3 Å². The number of hydrogen-bond donors (Lipinski definition) is 4. The first kappa shape index (κ1) is 24.0. The molecule has 0 unspecified atom stereocenters. The number of aliphatic hydroxyl groups is 1. The molecule has 4 rings (SSSR count). The van der Waals surface area contributed by atoms with E-state index < -0.39 is 12.2 Å². The van der Waals surface area contributed by atoms with Crippen molar-refractivity contribution in [2.75, 3.05) is 20.3 Å². The number of carbonyl (C=O) groups excluding carboxylic acids is 1. The lowest BCUT2D eigenvalue weighted by molar-refractivity contribution is -0.116. The smallest absolute Gasteiger partial charge is 0.244 e. The molecule has 1 amide bonds. The first-order valence-electron chi connectivity index (χ1n) is 11.2. The van der Waals surface area contributed by atoms with E-state index in [-0.39, 0.29) is 24.0 Å². The summed E-state index contributed by atoms with van der Waals surface area (Å²) in [6.07, 6.45) is 2.50. The van der Waals surface area contributed by atoms with Crippen molar-refractivity contribution < 1.29 is 34.3 Å². The van der Waals surface area contributed by atoms with Crippen molar-refractivity contribution in [2.24, 2.45) is 0 Å². The highest BCUT2D eigenvalue weighted by Gasteiger charge is 2.33. The Kier molecular flexibility index (Phi) is 7.42. The molecule has 2 atom stereocenters. The lowest BCUT2D eigenvalue weighted by Gasteiger charge is -2.33. The van der Waals surface area contributed by atoms with Crippen LogP contribution in [0.3, 0.4) is 0 Å². The number of methoxy groups -OCH3 is 1. The average molecular weight is 478 g/mol. The molecule has 0 saturated carbocycles. The Labute approximate surface area is 203 Å². The Balaban J connectivity index is 1.39. The molecule has 0 spiro atoms. The molecule has 1 heterocycles. The molecule has 1 aliphatic heterocycles. The number of ether oxygens (including phenoxy) is 3. The molecule has 0 aliphatic carbocycles. The van der Waals surface area contributed by atoms with Crippen LogP contribution in [0.15, 0.2) is 66.7 Å². The number of amides is 1. The molecule has 0 fully saturated rings. The molecular formula is C27H27NO7. The van der Waals surface area contributed by atoms with Crippen molar-refractivity contribution >= 4 is 12.0 Å². The molecule has 3 aromatic carbocycles. The molecule has 0 saturated heterocycles. The van der Waals surface area contributed by atoms with Crippen LogP contribution >= 0.6 is 0 Å². The molecule has 0 radical (unpaired) electrons. The summed E-state index contributed by atoms with van der Waals surface area (Å²) in [5.74, 6) is 1.25. The van der Waals surface area contributed by atoms with Crippen molar-refractivity contribution in [3.8, 4) is 28.7 Å². The van der Waals surface area contributed by atoms with Crippen molar-refractivity contribution in [1.82, 2.24) is 5.32 Å². The summed E-state index contributed by atoms with van der Waals surface area (Å²) in [4.78, 5) is 12.2. The summed E-state index contributed by atoms with van der Waals surface area (Å²) in [5.41, 5.74) is 2.45. The predicted octanol–water partition coefficient (Wildman–Crippen LogP) is 3.35. The molecule has 0 aromatic heterocycles. The van der Waals surface area contributed by atoms with E-state index in [0.29, 0.717) is 35.8 Å². The quantitative estimate of drug-likeness (QED) is 0.368. The number of aliphatic hydroxyl groups excluding tert-OH is 1. The largest absolute Gasteiger partial charge is 0.508 e. The molecule has 0 bridgehead atoms. The Hall–Kier alpha value is -4.17. The second kappa shape index (κ2) is 10.8. The topological polar surface area (TPSA) is 117 Å². The van der Waals surface area contributed by atoms with E-state index in [4.69, 9.17) is 14.2 Å². The fourth-order valence-corrected chi connectivity index (χ4v) is 3.77. The summed E-state index contributed by atoms with van der Waals surface area (Å²) < 4.78 is 17.3. The first-order chi connectivity index (χ1) is 17.0. The van der Waals surface area contributed by atoms with Crippen LogP contribution in [0, 0.1) is 0 Å². The van der Waals surface area contributed by atoms with Gasteiger partial charge in [0.1, 0.15) is 5.75 Å². The standard InChI is InChI=1S/C27H27NO7/c1-33-23-15-19(6-9-21(23)31)27-25(16-29)34-24-14-18(4-10-22(24)35-27)5-11-26(32)28-13-12-17-2-7-20(30)8-3-17/h2-11,14-15,25,27,29-31H,12-13,16H2,1H3,(H,28,32)/b11-5+/t25-,27-/m1/s1. The minimum atomic E-state index is -0.667. The van der Waals surface area contributed by atoms with E-state index in [9.17, 15) is 20.1 Å². The molecule has 4 N–H and O–H groups in total. The van der Waals surface area contributed by atoms with Crippen molar-refractivity contribution in [2.45, 2.75) is 18.6 Å². The molecule has 8 heteroatoms. The van der Waals surface area contributed by atoms with Gasteiger partial charge in [0.2, 0.25) is 5.91 Å². The van der Waals surface area contributed by atoms with E-state index in [0.717, 1.165) is 11.1 Å². The number of aromatic hydroxyl groups is 2. The maximum atomic E-state index is 12.2. The Morgan fingerprint density at radius 3 is 2.57 bits per heavy atom. The molecule has 1 aliphatic rings. The highest BCUT2D eigenvalue weighted by Crippen LogP contribution is 2.41. The Morgan fingerprint density at radius 1 is 1.03 bits per heavy atom. The fraction of sp³-hybridized carbons (Fsp3) is 0.222. The lowest BCUT2D eigenvalue weighted by Crippen LogP contribution is -2.36. The number of phenols is 2. The van der Waals surface area contributed by atoms with Gasteiger partial charge in [0.05, 0.1) is 13.7 Å². The van der Waals surface area contributed by atoms with E-state index in [1.54, 1.807) is 48.5 Å². The van der Waals surface area contributed by atoms with Gasteiger partial charge < -0.3 is 34.8 Å². The normalized spacial score (nSPS) is 16.7. The van der Waals surface area contributed by atoms with Gasteiger partial charge in [-0.05, 0) is 60.0 Å². The van der Waals surface area contributed by atoms with E-state index in [2.05, 4.69) is 5.32 Å². The van der Waals surface area contributed by atoms with Gasteiger partial charge in [-0.25, -0.2) is 0 Å². The summed E-state index contributed by atoms with van der Waals surface area (Å²) >= 11 is 0. The van der Waals surface area contributed by atoms with Gasteiger partial charge in [0.15, 0.2) is 35.2 Å². The summed E-state index contributed by atoms with van der Waals surface area (Å²) in [7, 11) is 1.46. The summed E-state index contributed by atoms with van der Waals surface area (Å²) in [5, 5.41) is 31.9. The van der Waals surface area contributed by atoms with Gasteiger partial charge in [0.25, 0.3) is 0 Å². The van der Waals surface area contributed by atoms with Crippen molar-refractivity contribution in [3.05, 3.63) is 83.4 Å². The lowest BCUT2D eigenvalue weighted by atomic mass is 10.0. The minimum Gasteiger partial charge on any atom is -0.508 e. The van der Waals surface area contributed by atoms with Crippen LogP contribution in [-0.2, 0) is 11.2 Å². The van der Waals surface area contributed by atoms with Crippen molar-refractivity contribution in [3.63, 3.8) is 0 Å². The number of fused-ring (bicyclic) bond motifs is 1. The number of phenolic OH excluding ortho intramolecular Hbond substituents is 2. The van der Waals surface area contributed by atoms with E-state index in [1.165, 1.54) is 19.3 Å².